The first-order valence-electron chi connectivity index (χ1n) is 6.96. The molecule has 1 aliphatic rings. The van der Waals surface area contributed by atoms with Crippen molar-refractivity contribution >= 4 is 0 Å². The standard InChI is InChI=1S/C15H18F3N3/c16-15(17,18)11-21-6-5-12(10-21)8-20-9-14-4-2-1-3-13(14)7-19/h1-4,12,20H,5-6,8-11H2. The molecule has 2 rings (SSSR count). The van der Waals surface area contributed by atoms with Gasteiger partial charge < -0.3 is 5.32 Å². The highest BCUT2D eigenvalue weighted by molar-refractivity contribution is 5.37. The van der Waals surface area contributed by atoms with Crippen LogP contribution in [-0.2, 0) is 6.54 Å². The van der Waals surface area contributed by atoms with Crippen LogP contribution < -0.4 is 5.32 Å². The Balaban J connectivity index is 1.74. The van der Waals surface area contributed by atoms with Gasteiger partial charge in [0.05, 0.1) is 18.2 Å². The van der Waals surface area contributed by atoms with Crippen LogP contribution in [0, 0.1) is 17.2 Å². The van der Waals surface area contributed by atoms with Crippen LogP contribution in [0.15, 0.2) is 24.3 Å². The molecule has 1 unspecified atom stereocenters. The summed E-state index contributed by atoms with van der Waals surface area (Å²) < 4.78 is 36.9. The zero-order chi connectivity index (χ0) is 15.3. The van der Waals surface area contributed by atoms with E-state index >= 15 is 0 Å². The highest BCUT2D eigenvalue weighted by Gasteiger charge is 2.34. The molecule has 3 nitrogen and oxygen atoms in total. The Morgan fingerprint density at radius 1 is 1.33 bits per heavy atom. The molecule has 0 bridgehead atoms. The second-order valence-electron chi connectivity index (χ2n) is 5.40. The van der Waals surface area contributed by atoms with Gasteiger partial charge in [0.1, 0.15) is 0 Å². The van der Waals surface area contributed by atoms with E-state index < -0.39 is 12.7 Å². The maximum Gasteiger partial charge on any atom is 0.401 e. The van der Waals surface area contributed by atoms with Crippen molar-refractivity contribution in [3.8, 4) is 6.07 Å². The van der Waals surface area contributed by atoms with Crippen LogP contribution in [0.5, 0.6) is 0 Å². The normalized spacial score (nSPS) is 19.6. The van der Waals surface area contributed by atoms with Gasteiger partial charge in [-0.1, -0.05) is 18.2 Å². The van der Waals surface area contributed by atoms with Crippen molar-refractivity contribution in [2.75, 3.05) is 26.2 Å². The Morgan fingerprint density at radius 2 is 2.10 bits per heavy atom. The van der Waals surface area contributed by atoms with Crippen LogP contribution in [0.25, 0.3) is 0 Å². The number of alkyl halides is 3. The predicted octanol–water partition coefficient (Wildman–Crippen LogP) is 2.53. The molecule has 0 radical (unpaired) electrons. The molecule has 0 aromatic heterocycles. The van der Waals surface area contributed by atoms with E-state index in [1.807, 2.05) is 18.2 Å². The van der Waals surface area contributed by atoms with Gasteiger partial charge in [-0.25, -0.2) is 0 Å². The van der Waals surface area contributed by atoms with Gasteiger partial charge >= 0.3 is 6.18 Å². The zero-order valence-electron chi connectivity index (χ0n) is 11.7. The molecule has 1 heterocycles. The van der Waals surface area contributed by atoms with Crippen molar-refractivity contribution in [2.24, 2.45) is 5.92 Å². The fourth-order valence-electron chi connectivity index (χ4n) is 2.67. The molecule has 114 valence electrons. The van der Waals surface area contributed by atoms with E-state index in [0.717, 1.165) is 12.0 Å². The summed E-state index contributed by atoms with van der Waals surface area (Å²) >= 11 is 0. The first kappa shape index (κ1) is 15.8. The monoisotopic (exact) mass is 297 g/mol. The fraction of sp³-hybridized carbons (Fsp3) is 0.533. The quantitative estimate of drug-likeness (QED) is 0.908. The number of rotatable bonds is 5. The molecule has 1 atom stereocenters. The molecule has 0 spiro atoms. The van der Waals surface area contributed by atoms with Crippen LogP contribution in [0.4, 0.5) is 13.2 Å². The van der Waals surface area contributed by atoms with Gasteiger partial charge in [-0.2, -0.15) is 18.4 Å². The number of nitriles is 1. The lowest BCUT2D eigenvalue weighted by Gasteiger charge is -2.18. The van der Waals surface area contributed by atoms with Crippen molar-refractivity contribution < 1.29 is 13.2 Å². The summed E-state index contributed by atoms with van der Waals surface area (Å²) in [6, 6.07) is 9.47. The molecule has 1 aromatic carbocycles. The van der Waals surface area contributed by atoms with Crippen LogP contribution in [-0.4, -0.2) is 37.3 Å². The van der Waals surface area contributed by atoms with Crippen LogP contribution in [0.1, 0.15) is 17.5 Å². The van der Waals surface area contributed by atoms with Crippen molar-refractivity contribution in [3.63, 3.8) is 0 Å². The smallest absolute Gasteiger partial charge is 0.312 e. The lowest BCUT2D eigenvalue weighted by atomic mass is 10.1. The lowest BCUT2D eigenvalue weighted by molar-refractivity contribution is -0.143. The third-order valence-corrected chi connectivity index (χ3v) is 3.66. The number of halogens is 3. The topological polar surface area (TPSA) is 39.1 Å². The molecule has 1 fully saturated rings. The molecule has 1 aromatic rings. The summed E-state index contributed by atoms with van der Waals surface area (Å²) in [5.41, 5.74) is 1.56. The van der Waals surface area contributed by atoms with Gasteiger partial charge in [0.15, 0.2) is 0 Å². The molecular weight excluding hydrogens is 279 g/mol. The van der Waals surface area contributed by atoms with E-state index in [1.54, 1.807) is 6.07 Å². The minimum absolute atomic E-state index is 0.238. The highest BCUT2D eigenvalue weighted by Crippen LogP contribution is 2.22. The molecule has 21 heavy (non-hydrogen) atoms. The Labute approximate surface area is 122 Å². The minimum Gasteiger partial charge on any atom is -0.312 e. The number of hydrogen-bond donors (Lipinski definition) is 1. The second-order valence-corrected chi connectivity index (χ2v) is 5.40. The van der Waals surface area contributed by atoms with Gasteiger partial charge in [-0.15, -0.1) is 0 Å². The first-order valence-corrected chi connectivity index (χ1v) is 6.96. The fourth-order valence-corrected chi connectivity index (χ4v) is 2.67. The van der Waals surface area contributed by atoms with E-state index in [9.17, 15) is 13.2 Å². The number of nitrogens with zero attached hydrogens (tertiary/aromatic N) is 2. The zero-order valence-corrected chi connectivity index (χ0v) is 11.7. The summed E-state index contributed by atoms with van der Waals surface area (Å²) in [6.45, 7) is 1.40. The van der Waals surface area contributed by atoms with Crippen LogP contribution >= 0.6 is 0 Å². The average molecular weight is 297 g/mol. The van der Waals surface area contributed by atoms with E-state index in [-0.39, 0.29) is 5.92 Å². The summed E-state index contributed by atoms with van der Waals surface area (Å²) in [4.78, 5) is 1.45. The van der Waals surface area contributed by atoms with Gasteiger partial charge in [0.2, 0.25) is 0 Å². The van der Waals surface area contributed by atoms with Crippen molar-refractivity contribution in [2.45, 2.75) is 19.1 Å². The maximum absolute atomic E-state index is 12.3. The summed E-state index contributed by atoms with van der Waals surface area (Å²) in [7, 11) is 0. The maximum atomic E-state index is 12.3. The number of benzene rings is 1. The largest absolute Gasteiger partial charge is 0.401 e. The third-order valence-electron chi connectivity index (χ3n) is 3.66. The van der Waals surface area contributed by atoms with Crippen molar-refractivity contribution in [1.29, 1.82) is 5.26 Å². The molecule has 6 heteroatoms. The number of nitrogens with one attached hydrogen (secondary N) is 1. The number of hydrogen-bond acceptors (Lipinski definition) is 3. The van der Waals surface area contributed by atoms with Gasteiger partial charge in [0, 0.05) is 13.1 Å². The SMILES string of the molecule is N#Cc1ccccc1CNCC1CCN(CC(F)(F)F)C1. The average Bonchev–Trinajstić information content (AvgIpc) is 2.84. The van der Waals surface area contributed by atoms with Gasteiger partial charge in [0.25, 0.3) is 0 Å². The number of likely N-dealkylation sites (tertiary alicyclic amines) is 1. The summed E-state index contributed by atoms with van der Waals surface area (Å²) in [6.07, 6.45) is -3.34. The molecule has 0 aliphatic carbocycles. The van der Waals surface area contributed by atoms with E-state index in [0.29, 0.717) is 31.7 Å². The summed E-state index contributed by atoms with van der Waals surface area (Å²) in [5.74, 6) is 0.238. The van der Waals surface area contributed by atoms with E-state index in [4.69, 9.17) is 5.26 Å². The first-order chi connectivity index (χ1) is 9.98. The molecular formula is C15H18F3N3. The molecule has 0 amide bonds. The predicted molar refractivity (Wildman–Crippen MR) is 73.5 cm³/mol. The van der Waals surface area contributed by atoms with E-state index in [2.05, 4.69) is 11.4 Å². The van der Waals surface area contributed by atoms with Gasteiger partial charge in [-0.05, 0) is 37.1 Å². The van der Waals surface area contributed by atoms with Crippen LogP contribution in [0.2, 0.25) is 0 Å². The van der Waals surface area contributed by atoms with Crippen molar-refractivity contribution in [1.82, 2.24) is 10.2 Å². The Bertz CT molecular complexity index is 508. The van der Waals surface area contributed by atoms with Gasteiger partial charge in [-0.3, -0.25) is 4.90 Å². The third kappa shape index (κ3) is 5.03. The lowest BCUT2D eigenvalue weighted by Crippen LogP contribution is -2.33. The minimum atomic E-state index is -4.12. The van der Waals surface area contributed by atoms with Crippen LogP contribution in [0.3, 0.4) is 0 Å². The molecule has 1 saturated heterocycles. The van der Waals surface area contributed by atoms with Crippen molar-refractivity contribution in [3.05, 3.63) is 35.4 Å². The Morgan fingerprint density at radius 3 is 2.81 bits per heavy atom. The second kappa shape index (κ2) is 6.92. The Hall–Kier alpha value is -1.58. The molecule has 1 N–H and O–H groups in total. The highest BCUT2D eigenvalue weighted by atomic mass is 19.4. The molecule has 1 aliphatic heterocycles. The summed E-state index contributed by atoms with van der Waals surface area (Å²) in [5, 5.41) is 12.2. The van der Waals surface area contributed by atoms with E-state index in [1.165, 1.54) is 4.90 Å². The Kier molecular flexibility index (Phi) is 5.21. The molecule has 0 saturated carbocycles.